The first-order chi connectivity index (χ1) is 12.4. The minimum Gasteiger partial charge on any atom is -0.493 e. The van der Waals surface area contributed by atoms with Gasteiger partial charge in [-0.3, -0.25) is 4.79 Å². The van der Waals surface area contributed by atoms with Crippen LogP contribution in [0.3, 0.4) is 0 Å². The van der Waals surface area contributed by atoms with Gasteiger partial charge in [0.2, 0.25) is 5.75 Å². The van der Waals surface area contributed by atoms with Crippen molar-refractivity contribution in [3.63, 3.8) is 0 Å². The van der Waals surface area contributed by atoms with Crippen molar-refractivity contribution in [2.45, 2.75) is 6.04 Å². The molecule has 0 aromatic heterocycles. The summed E-state index contributed by atoms with van der Waals surface area (Å²) >= 11 is 11.8. The summed E-state index contributed by atoms with van der Waals surface area (Å²) in [6.07, 6.45) is 0. The fourth-order valence-corrected chi connectivity index (χ4v) is 2.88. The molecule has 0 saturated heterocycles. The summed E-state index contributed by atoms with van der Waals surface area (Å²) in [5, 5.41) is 12.8. The number of nitrogens with zero attached hydrogens (tertiary/aromatic N) is 1. The molecule has 0 bridgehead atoms. The summed E-state index contributed by atoms with van der Waals surface area (Å²) in [4.78, 5) is 12.5. The number of rotatable bonds is 6. The van der Waals surface area contributed by atoms with Crippen LogP contribution in [0.1, 0.15) is 22.0 Å². The normalized spacial score (nSPS) is 11.2. The molecule has 1 atom stereocenters. The Morgan fingerprint density at radius 2 is 1.54 bits per heavy atom. The Balaban J connectivity index is 2.36. The van der Waals surface area contributed by atoms with Gasteiger partial charge < -0.3 is 19.5 Å². The minimum absolute atomic E-state index is 0.246. The summed E-state index contributed by atoms with van der Waals surface area (Å²) in [7, 11) is 4.41. The molecule has 2 rings (SSSR count). The Morgan fingerprint density at radius 3 is 1.96 bits per heavy atom. The number of nitrogens with one attached hydrogen (secondary N) is 1. The third-order valence-corrected chi connectivity index (χ3v) is 3.99. The summed E-state index contributed by atoms with van der Waals surface area (Å²) in [5.41, 5.74) is 0.721. The van der Waals surface area contributed by atoms with Crippen molar-refractivity contribution in [2.24, 2.45) is 0 Å². The van der Waals surface area contributed by atoms with Crippen molar-refractivity contribution in [3.8, 4) is 23.3 Å². The van der Waals surface area contributed by atoms with Crippen LogP contribution in [0.2, 0.25) is 10.0 Å². The first-order valence-electron chi connectivity index (χ1n) is 7.40. The van der Waals surface area contributed by atoms with Gasteiger partial charge in [0.05, 0.1) is 27.4 Å². The fraction of sp³-hybridized carbons (Fsp3) is 0.222. The summed E-state index contributed by atoms with van der Waals surface area (Å²) in [5.74, 6) is 0.655. The van der Waals surface area contributed by atoms with Crippen LogP contribution in [0.5, 0.6) is 17.2 Å². The Morgan fingerprint density at radius 1 is 1.00 bits per heavy atom. The van der Waals surface area contributed by atoms with E-state index < -0.39 is 11.9 Å². The number of methoxy groups -OCH3 is 3. The molecule has 0 aliphatic rings. The van der Waals surface area contributed by atoms with Gasteiger partial charge in [-0.25, -0.2) is 0 Å². The van der Waals surface area contributed by atoms with Gasteiger partial charge in [-0.15, -0.1) is 0 Å². The molecule has 0 fully saturated rings. The van der Waals surface area contributed by atoms with E-state index in [1.54, 1.807) is 12.1 Å². The van der Waals surface area contributed by atoms with Crippen LogP contribution < -0.4 is 19.5 Å². The molecule has 1 unspecified atom stereocenters. The quantitative estimate of drug-likeness (QED) is 0.799. The highest BCUT2D eigenvalue weighted by atomic mass is 35.5. The molecule has 2 aromatic carbocycles. The van der Waals surface area contributed by atoms with Gasteiger partial charge in [-0.1, -0.05) is 23.2 Å². The number of benzene rings is 2. The number of carbonyl (C=O) groups excluding carboxylic acids is 1. The molecule has 1 N–H and O–H groups in total. The second-order valence-corrected chi connectivity index (χ2v) is 6.03. The average molecular weight is 395 g/mol. The van der Waals surface area contributed by atoms with Crippen LogP contribution in [-0.4, -0.2) is 27.2 Å². The zero-order valence-electron chi connectivity index (χ0n) is 14.3. The number of hydrogen-bond acceptors (Lipinski definition) is 5. The van der Waals surface area contributed by atoms with E-state index in [-0.39, 0.29) is 5.56 Å². The van der Waals surface area contributed by atoms with Crippen molar-refractivity contribution in [2.75, 3.05) is 21.3 Å². The molecule has 6 nitrogen and oxygen atoms in total. The van der Waals surface area contributed by atoms with E-state index in [1.807, 2.05) is 6.07 Å². The standard InChI is InChI=1S/C18H16Cl2N2O4/c1-24-15-6-10(7-16(25-2)17(15)26-3)14(9-21)22-18(23)11-4-12(19)8-13(20)5-11/h4-8,14H,1-3H3,(H,22,23). The maximum Gasteiger partial charge on any atom is 0.252 e. The lowest BCUT2D eigenvalue weighted by atomic mass is 10.1. The van der Waals surface area contributed by atoms with Crippen LogP contribution >= 0.6 is 23.2 Å². The number of amides is 1. The van der Waals surface area contributed by atoms with Gasteiger partial charge in [0.15, 0.2) is 11.5 Å². The minimum atomic E-state index is -0.950. The van der Waals surface area contributed by atoms with Crippen molar-refractivity contribution in [3.05, 3.63) is 51.5 Å². The number of carbonyl (C=O) groups is 1. The molecule has 1 amide bonds. The van der Waals surface area contributed by atoms with Crippen molar-refractivity contribution >= 4 is 29.1 Å². The lowest BCUT2D eigenvalue weighted by molar-refractivity contribution is 0.0945. The Hall–Kier alpha value is -2.62. The SMILES string of the molecule is COc1cc(C(C#N)NC(=O)c2cc(Cl)cc(Cl)c2)cc(OC)c1OC. The number of ether oxygens (including phenoxy) is 3. The Labute approximate surface area is 161 Å². The summed E-state index contributed by atoms with van der Waals surface area (Å²) in [6, 6.07) is 8.73. The largest absolute Gasteiger partial charge is 0.493 e. The van der Waals surface area contributed by atoms with Gasteiger partial charge in [-0.2, -0.15) is 5.26 Å². The maximum absolute atomic E-state index is 12.5. The number of hydrogen-bond donors (Lipinski definition) is 1. The molecule has 26 heavy (non-hydrogen) atoms. The van der Waals surface area contributed by atoms with E-state index in [2.05, 4.69) is 5.32 Å². The highest BCUT2D eigenvalue weighted by molar-refractivity contribution is 6.35. The first kappa shape index (κ1) is 19.7. The van der Waals surface area contributed by atoms with Gasteiger partial charge in [0, 0.05) is 15.6 Å². The predicted molar refractivity (Wildman–Crippen MR) is 98.4 cm³/mol. The van der Waals surface area contributed by atoms with Gasteiger partial charge in [0.25, 0.3) is 5.91 Å². The van der Waals surface area contributed by atoms with E-state index in [0.717, 1.165) is 0 Å². The van der Waals surface area contributed by atoms with Crippen LogP contribution in [0.4, 0.5) is 0 Å². The number of nitriles is 1. The molecule has 0 saturated carbocycles. The molecule has 2 aromatic rings. The Bertz CT molecular complexity index is 820. The lowest BCUT2D eigenvalue weighted by Gasteiger charge is -2.17. The second-order valence-electron chi connectivity index (χ2n) is 5.15. The van der Waals surface area contributed by atoms with E-state index >= 15 is 0 Å². The Kier molecular flexibility index (Phi) is 6.56. The third-order valence-electron chi connectivity index (χ3n) is 3.55. The van der Waals surface area contributed by atoms with Crippen molar-refractivity contribution in [1.29, 1.82) is 5.26 Å². The van der Waals surface area contributed by atoms with Crippen LogP contribution in [-0.2, 0) is 0 Å². The van der Waals surface area contributed by atoms with Crippen LogP contribution in [0, 0.1) is 11.3 Å². The van der Waals surface area contributed by atoms with Crippen molar-refractivity contribution < 1.29 is 19.0 Å². The molecule has 0 radical (unpaired) electrons. The molecule has 0 aliphatic carbocycles. The molecular formula is C18H16Cl2N2O4. The molecule has 0 aliphatic heterocycles. The average Bonchev–Trinajstić information content (AvgIpc) is 2.63. The van der Waals surface area contributed by atoms with Crippen LogP contribution in [0.25, 0.3) is 0 Å². The second kappa shape index (κ2) is 8.65. The van der Waals surface area contributed by atoms with E-state index in [0.29, 0.717) is 32.9 Å². The summed E-state index contributed by atoms with van der Waals surface area (Å²) in [6.45, 7) is 0. The van der Waals surface area contributed by atoms with E-state index in [1.165, 1.54) is 39.5 Å². The van der Waals surface area contributed by atoms with Gasteiger partial charge in [-0.05, 0) is 35.9 Å². The van der Waals surface area contributed by atoms with E-state index in [4.69, 9.17) is 37.4 Å². The first-order valence-corrected chi connectivity index (χ1v) is 8.15. The molecule has 0 heterocycles. The highest BCUT2D eigenvalue weighted by Gasteiger charge is 2.21. The van der Waals surface area contributed by atoms with Crippen molar-refractivity contribution in [1.82, 2.24) is 5.32 Å². The summed E-state index contributed by atoms with van der Waals surface area (Å²) < 4.78 is 15.8. The molecule has 0 spiro atoms. The molecule has 8 heteroatoms. The number of halogens is 2. The zero-order chi connectivity index (χ0) is 19.3. The molecule has 136 valence electrons. The lowest BCUT2D eigenvalue weighted by Crippen LogP contribution is -2.27. The third kappa shape index (κ3) is 4.31. The predicted octanol–water partition coefficient (Wildman–Crippen LogP) is 4.01. The zero-order valence-corrected chi connectivity index (χ0v) is 15.8. The smallest absolute Gasteiger partial charge is 0.252 e. The fourth-order valence-electron chi connectivity index (χ4n) is 2.36. The van der Waals surface area contributed by atoms with E-state index in [9.17, 15) is 10.1 Å². The van der Waals surface area contributed by atoms with Gasteiger partial charge >= 0.3 is 0 Å². The van der Waals surface area contributed by atoms with Crippen LogP contribution in [0.15, 0.2) is 30.3 Å². The topological polar surface area (TPSA) is 80.6 Å². The monoisotopic (exact) mass is 394 g/mol. The molecular weight excluding hydrogens is 379 g/mol. The maximum atomic E-state index is 12.5. The highest BCUT2D eigenvalue weighted by Crippen LogP contribution is 2.39. The van der Waals surface area contributed by atoms with Gasteiger partial charge in [0.1, 0.15) is 6.04 Å².